The molecule has 104 valence electrons. The van der Waals surface area contributed by atoms with E-state index in [-0.39, 0.29) is 12.1 Å². The van der Waals surface area contributed by atoms with Crippen LogP contribution in [0.15, 0.2) is 18.3 Å². The maximum atomic E-state index is 6.28. The third-order valence-electron chi connectivity index (χ3n) is 3.03. The first-order chi connectivity index (χ1) is 9.08. The lowest BCUT2D eigenvalue weighted by atomic mass is 10.1. The molecular formula is C13H19ClN4S. The van der Waals surface area contributed by atoms with Gasteiger partial charge >= 0.3 is 0 Å². The topological polar surface area (TPSA) is 55.9 Å². The molecule has 0 aromatic carbocycles. The van der Waals surface area contributed by atoms with Crippen molar-refractivity contribution in [1.29, 1.82) is 0 Å². The summed E-state index contributed by atoms with van der Waals surface area (Å²) in [6, 6.07) is 4.35. The minimum Gasteiger partial charge on any atom is -0.270 e. The van der Waals surface area contributed by atoms with Gasteiger partial charge in [-0.3, -0.25) is 10.5 Å². The zero-order valence-corrected chi connectivity index (χ0v) is 12.9. The molecule has 0 saturated heterocycles. The van der Waals surface area contributed by atoms with Crippen molar-refractivity contribution in [3.63, 3.8) is 0 Å². The Morgan fingerprint density at radius 3 is 2.74 bits per heavy atom. The van der Waals surface area contributed by atoms with Gasteiger partial charge in [0.1, 0.15) is 0 Å². The number of aromatic nitrogens is 2. The van der Waals surface area contributed by atoms with Crippen LogP contribution >= 0.6 is 22.9 Å². The number of aryl methyl sites for hydroxylation is 1. The van der Waals surface area contributed by atoms with Crippen molar-refractivity contribution in [3.05, 3.63) is 38.8 Å². The molecule has 0 fully saturated rings. The van der Waals surface area contributed by atoms with Crippen LogP contribution in [-0.4, -0.2) is 9.78 Å². The van der Waals surface area contributed by atoms with Crippen LogP contribution in [0.1, 0.15) is 48.3 Å². The van der Waals surface area contributed by atoms with E-state index in [1.807, 2.05) is 4.68 Å². The van der Waals surface area contributed by atoms with Gasteiger partial charge in [-0.05, 0) is 32.4 Å². The molecule has 0 spiro atoms. The lowest BCUT2D eigenvalue weighted by molar-refractivity contribution is 0.478. The van der Waals surface area contributed by atoms with E-state index in [0.717, 1.165) is 17.0 Å². The molecule has 6 heteroatoms. The highest BCUT2D eigenvalue weighted by atomic mass is 35.5. The zero-order valence-electron chi connectivity index (χ0n) is 11.4. The molecular weight excluding hydrogens is 280 g/mol. The number of nitrogens with one attached hydrogen (secondary N) is 1. The van der Waals surface area contributed by atoms with E-state index >= 15 is 0 Å². The largest absolute Gasteiger partial charge is 0.270 e. The monoisotopic (exact) mass is 298 g/mol. The van der Waals surface area contributed by atoms with Gasteiger partial charge in [-0.2, -0.15) is 5.10 Å². The third kappa shape index (κ3) is 2.84. The molecule has 1 atom stereocenters. The Kier molecular flexibility index (Phi) is 4.62. The van der Waals surface area contributed by atoms with Gasteiger partial charge < -0.3 is 0 Å². The van der Waals surface area contributed by atoms with Gasteiger partial charge in [0.2, 0.25) is 0 Å². The Morgan fingerprint density at radius 1 is 1.47 bits per heavy atom. The van der Waals surface area contributed by atoms with E-state index in [9.17, 15) is 0 Å². The summed E-state index contributed by atoms with van der Waals surface area (Å²) < 4.78 is 1.91. The molecule has 2 aromatic heterocycles. The summed E-state index contributed by atoms with van der Waals surface area (Å²) in [5, 5.41) is 4.97. The number of nitrogens with zero attached hydrogens (tertiary/aromatic N) is 2. The lowest BCUT2D eigenvalue weighted by Crippen LogP contribution is -2.30. The van der Waals surface area contributed by atoms with Gasteiger partial charge in [-0.25, -0.2) is 5.43 Å². The molecule has 3 N–H and O–H groups in total. The Morgan fingerprint density at radius 2 is 2.21 bits per heavy atom. The van der Waals surface area contributed by atoms with Crippen molar-refractivity contribution in [2.45, 2.75) is 39.3 Å². The molecule has 4 nitrogen and oxygen atoms in total. The minimum atomic E-state index is -0.123. The van der Waals surface area contributed by atoms with Crippen LogP contribution < -0.4 is 11.3 Å². The summed E-state index contributed by atoms with van der Waals surface area (Å²) in [5.41, 5.74) is 3.78. The standard InChI is InChI=1S/C13H19ClN4S/c1-4-9-5-6-11(19-9)12(17-15)13-10(14)7-16-18(13)8(2)3/h5-8,12,17H,4,15H2,1-3H3. The van der Waals surface area contributed by atoms with E-state index in [2.05, 4.69) is 43.4 Å². The minimum absolute atomic E-state index is 0.123. The summed E-state index contributed by atoms with van der Waals surface area (Å²) in [7, 11) is 0. The Balaban J connectivity index is 2.44. The van der Waals surface area contributed by atoms with Gasteiger partial charge in [0.25, 0.3) is 0 Å². The first-order valence-corrected chi connectivity index (χ1v) is 7.55. The third-order valence-corrected chi connectivity index (χ3v) is 4.62. The number of thiophene rings is 1. The first kappa shape index (κ1) is 14.5. The second kappa shape index (κ2) is 6.05. The molecule has 0 saturated carbocycles. The summed E-state index contributed by atoms with van der Waals surface area (Å²) in [5.74, 6) is 5.74. The Hall–Kier alpha value is -0.880. The molecule has 0 aliphatic heterocycles. The highest BCUT2D eigenvalue weighted by molar-refractivity contribution is 7.12. The second-order valence-corrected chi connectivity index (χ2v) is 6.28. The Labute approximate surface area is 122 Å². The van der Waals surface area contributed by atoms with Crippen LogP contribution in [0, 0.1) is 0 Å². The fraction of sp³-hybridized carbons (Fsp3) is 0.462. The van der Waals surface area contributed by atoms with Crippen LogP contribution in [0.4, 0.5) is 0 Å². The maximum absolute atomic E-state index is 6.28. The average molecular weight is 299 g/mol. The fourth-order valence-electron chi connectivity index (χ4n) is 2.07. The maximum Gasteiger partial charge on any atom is 0.0985 e. The first-order valence-electron chi connectivity index (χ1n) is 6.36. The van der Waals surface area contributed by atoms with Gasteiger partial charge in [0.05, 0.1) is 23.0 Å². The number of hydrogen-bond acceptors (Lipinski definition) is 4. The van der Waals surface area contributed by atoms with E-state index in [4.69, 9.17) is 17.4 Å². The van der Waals surface area contributed by atoms with E-state index < -0.39 is 0 Å². The van der Waals surface area contributed by atoms with E-state index in [1.54, 1.807) is 17.5 Å². The van der Waals surface area contributed by atoms with Crippen LogP contribution in [0.25, 0.3) is 0 Å². The molecule has 2 rings (SSSR count). The van der Waals surface area contributed by atoms with Crippen molar-refractivity contribution in [1.82, 2.24) is 15.2 Å². The number of rotatable bonds is 5. The molecule has 1 unspecified atom stereocenters. The lowest BCUT2D eigenvalue weighted by Gasteiger charge is -2.19. The molecule has 0 aliphatic rings. The molecule has 0 amide bonds. The Bertz CT molecular complexity index is 547. The van der Waals surface area contributed by atoms with E-state index in [0.29, 0.717) is 5.02 Å². The van der Waals surface area contributed by atoms with Gasteiger partial charge in [-0.1, -0.05) is 18.5 Å². The van der Waals surface area contributed by atoms with Crippen LogP contribution in [-0.2, 0) is 6.42 Å². The summed E-state index contributed by atoms with van der Waals surface area (Å²) in [6.45, 7) is 6.30. The van der Waals surface area contributed by atoms with Crippen molar-refractivity contribution in [2.24, 2.45) is 5.84 Å². The summed E-state index contributed by atoms with van der Waals surface area (Å²) in [6.07, 6.45) is 2.70. The molecule has 0 bridgehead atoms. The fourth-order valence-corrected chi connectivity index (χ4v) is 3.32. The van der Waals surface area contributed by atoms with Crippen molar-refractivity contribution >= 4 is 22.9 Å². The molecule has 2 heterocycles. The van der Waals surface area contributed by atoms with Crippen LogP contribution in [0.3, 0.4) is 0 Å². The highest BCUT2D eigenvalue weighted by Crippen LogP contribution is 2.33. The van der Waals surface area contributed by atoms with Crippen LogP contribution in [0.2, 0.25) is 5.02 Å². The van der Waals surface area contributed by atoms with Gasteiger partial charge in [-0.15, -0.1) is 11.3 Å². The molecule has 2 aromatic rings. The SMILES string of the molecule is CCc1ccc(C(NN)c2c(Cl)cnn2C(C)C)s1. The van der Waals surface area contributed by atoms with Gasteiger partial charge in [0.15, 0.2) is 0 Å². The number of halogens is 1. The smallest absolute Gasteiger partial charge is 0.0985 e. The number of hydrogen-bond donors (Lipinski definition) is 2. The second-order valence-electron chi connectivity index (χ2n) is 4.67. The molecule has 19 heavy (non-hydrogen) atoms. The van der Waals surface area contributed by atoms with E-state index in [1.165, 1.54) is 4.88 Å². The van der Waals surface area contributed by atoms with Gasteiger partial charge in [0, 0.05) is 15.8 Å². The average Bonchev–Trinajstić information content (AvgIpc) is 2.99. The normalized spacial score (nSPS) is 13.2. The summed E-state index contributed by atoms with van der Waals surface area (Å²) in [4.78, 5) is 2.49. The van der Waals surface area contributed by atoms with Crippen molar-refractivity contribution < 1.29 is 0 Å². The summed E-state index contributed by atoms with van der Waals surface area (Å²) >= 11 is 8.03. The molecule has 0 aliphatic carbocycles. The number of hydrazine groups is 1. The zero-order chi connectivity index (χ0) is 14.0. The van der Waals surface area contributed by atoms with Crippen molar-refractivity contribution in [2.75, 3.05) is 0 Å². The highest BCUT2D eigenvalue weighted by Gasteiger charge is 2.23. The predicted octanol–water partition coefficient (Wildman–Crippen LogP) is 3.29. The number of nitrogens with two attached hydrogens (primary N) is 1. The predicted molar refractivity (Wildman–Crippen MR) is 80.5 cm³/mol. The van der Waals surface area contributed by atoms with Crippen LogP contribution in [0.5, 0.6) is 0 Å². The molecule has 0 radical (unpaired) electrons. The van der Waals surface area contributed by atoms with Crippen molar-refractivity contribution in [3.8, 4) is 0 Å². The quantitative estimate of drug-likeness (QED) is 0.658.